The van der Waals surface area contributed by atoms with Crippen molar-refractivity contribution in [1.82, 2.24) is 4.90 Å². The zero-order valence-electron chi connectivity index (χ0n) is 15.4. The third kappa shape index (κ3) is 4.67. The van der Waals surface area contributed by atoms with E-state index >= 15 is 0 Å². The molecule has 0 unspecified atom stereocenters. The number of amides is 1. The molecule has 0 radical (unpaired) electrons. The minimum atomic E-state index is 0.107. The first-order valence-electron chi connectivity index (χ1n) is 9.16. The normalized spacial score (nSPS) is 12.0. The Morgan fingerprint density at radius 2 is 1.50 bits per heavy atom. The second-order valence-electron chi connectivity index (χ2n) is 6.52. The molecule has 142 valence electrons. The highest BCUT2D eigenvalue weighted by atomic mass is 32.2. The molecule has 0 bridgehead atoms. The molecule has 1 heterocycles. The number of carbonyl (C=O) groups is 1. The molecule has 4 nitrogen and oxygen atoms in total. The molecule has 3 aromatic rings. The van der Waals surface area contributed by atoms with Gasteiger partial charge < -0.3 is 14.4 Å². The summed E-state index contributed by atoms with van der Waals surface area (Å²) in [6.07, 6.45) is 0. The molecule has 0 saturated heterocycles. The maximum Gasteiger partial charge on any atom is 0.233 e. The van der Waals surface area contributed by atoms with Gasteiger partial charge in [0, 0.05) is 18.0 Å². The highest BCUT2D eigenvalue weighted by molar-refractivity contribution is 8.00. The summed E-state index contributed by atoms with van der Waals surface area (Å²) in [6, 6.07) is 25.9. The van der Waals surface area contributed by atoms with Crippen LogP contribution in [0.3, 0.4) is 0 Å². The summed E-state index contributed by atoms with van der Waals surface area (Å²) in [4.78, 5) is 16.0. The van der Waals surface area contributed by atoms with E-state index in [4.69, 9.17) is 9.47 Å². The molecule has 0 aliphatic carbocycles. The first-order chi connectivity index (χ1) is 13.8. The van der Waals surface area contributed by atoms with Gasteiger partial charge in [-0.05, 0) is 35.4 Å². The SMILES string of the molecule is O=C(CSc1ccccc1)N(Cc1ccccc1)Cc1ccc2c(c1)OCO2. The van der Waals surface area contributed by atoms with E-state index in [9.17, 15) is 4.79 Å². The number of ether oxygens (including phenoxy) is 2. The van der Waals surface area contributed by atoms with E-state index in [2.05, 4.69) is 0 Å². The minimum absolute atomic E-state index is 0.107. The smallest absolute Gasteiger partial charge is 0.233 e. The lowest BCUT2D eigenvalue weighted by atomic mass is 10.1. The van der Waals surface area contributed by atoms with E-state index in [-0.39, 0.29) is 12.7 Å². The van der Waals surface area contributed by atoms with Gasteiger partial charge in [-0.15, -0.1) is 11.8 Å². The maximum absolute atomic E-state index is 13.0. The Morgan fingerprint density at radius 1 is 0.821 bits per heavy atom. The van der Waals surface area contributed by atoms with Crippen LogP contribution in [0.25, 0.3) is 0 Å². The Hall–Kier alpha value is -2.92. The van der Waals surface area contributed by atoms with E-state index in [1.54, 1.807) is 11.8 Å². The monoisotopic (exact) mass is 391 g/mol. The lowest BCUT2D eigenvalue weighted by Crippen LogP contribution is -2.31. The second-order valence-corrected chi connectivity index (χ2v) is 7.57. The van der Waals surface area contributed by atoms with Gasteiger partial charge in [0.25, 0.3) is 0 Å². The predicted molar refractivity (Wildman–Crippen MR) is 110 cm³/mol. The fourth-order valence-electron chi connectivity index (χ4n) is 3.05. The zero-order valence-corrected chi connectivity index (χ0v) is 16.2. The Balaban J connectivity index is 1.48. The Labute approximate surface area is 169 Å². The molecule has 0 aromatic heterocycles. The van der Waals surface area contributed by atoms with Crippen LogP contribution in [0.15, 0.2) is 83.8 Å². The molecular weight excluding hydrogens is 370 g/mol. The zero-order chi connectivity index (χ0) is 19.2. The van der Waals surface area contributed by atoms with Crippen molar-refractivity contribution in [1.29, 1.82) is 0 Å². The first-order valence-corrected chi connectivity index (χ1v) is 10.1. The van der Waals surface area contributed by atoms with E-state index in [1.165, 1.54) is 0 Å². The van der Waals surface area contributed by atoms with Gasteiger partial charge in [-0.1, -0.05) is 54.6 Å². The molecular formula is C23H21NO3S. The predicted octanol–water partition coefficient (Wildman–Crippen LogP) is 4.74. The van der Waals surface area contributed by atoms with Crippen LogP contribution in [0.5, 0.6) is 11.5 Å². The van der Waals surface area contributed by atoms with Crippen molar-refractivity contribution in [3.05, 3.63) is 90.0 Å². The molecule has 1 amide bonds. The molecule has 4 rings (SSSR count). The molecule has 1 aliphatic heterocycles. The van der Waals surface area contributed by atoms with Crippen LogP contribution >= 0.6 is 11.8 Å². The number of carbonyl (C=O) groups excluding carboxylic acids is 1. The lowest BCUT2D eigenvalue weighted by molar-refractivity contribution is -0.129. The van der Waals surface area contributed by atoms with Crippen LogP contribution in [0, 0.1) is 0 Å². The average Bonchev–Trinajstić information content (AvgIpc) is 3.21. The maximum atomic E-state index is 13.0. The van der Waals surface area contributed by atoms with Crippen LogP contribution in [0.4, 0.5) is 0 Å². The van der Waals surface area contributed by atoms with Gasteiger partial charge >= 0.3 is 0 Å². The van der Waals surface area contributed by atoms with Crippen LogP contribution in [0.2, 0.25) is 0 Å². The Kier molecular flexibility index (Phi) is 5.83. The van der Waals surface area contributed by atoms with Crippen LogP contribution < -0.4 is 9.47 Å². The summed E-state index contributed by atoms with van der Waals surface area (Å²) in [5, 5.41) is 0. The second kappa shape index (κ2) is 8.85. The van der Waals surface area contributed by atoms with Gasteiger partial charge in [0.05, 0.1) is 5.75 Å². The molecule has 0 spiro atoms. The van der Waals surface area contributed by atoms with Gasteiger partial charge in [0.2, 0.25) is 12.7 Å². The summed E-state index contributed by atoms with van der Waals surface area (Å²) < 4.78 is 10.9. The fourth-order valence-corrected chi connectivity index (χ4v) is 3.87. The molecule has 0 saturated carbocycles. The Morgan fingerprint density at radius 3 is 2.29 bits per heavy atom. The molecule has 0 atom stereocenters. The minimum Gasteiger partial charge on any atom is -0.454 e. The van der Waals surface area contributed by atoms with Crippen molar-refractivity contribution in [2.75, 3.05) is 12.5 Å². The molecule has 3 aromatic carbocycles. The molecule has 5 heteroatoms. The standard InChI is InChI=1S/C23H21NO3S/c25-23(16-28-20-9-5-2-6-10-20)24(14-18-7-3-1-4-8-18)15-19-11-12-21-22(13-19)27-17-26-21/h1-13H,14-17H2. The van der Waals surface area contributed by atoms with Crippen LogP contribution in [-0.4, -0.2) is 23.4 Å². The number of nitrogens with zero attached hydrogens (tertiary/aromatic N) is 1. The number of fused-ring (bicyclic) bond motifs is 1. The van der Waals surface area contributed by atoms with Gasteiger partial charge in [-0.3, -0.25) is 4.79 Å². The summed E-state index contributed by atoms with van der Waals surface area (Å²) in [6.45, 7) is 1.35. The topological polar surface area (TPSA) is 38.8 Å². The summed E-state index contributed by atoms with van der Waals surface area (Å²) >= 11 is 1.56. The fraction of sp³-hybridized carbons (Fsp3) is 0.174. The molecule has 28 heavy (non-hydrogen) atoms. The van der Waals surface area contributed by atoms with Gasteiger partial charge in [-0.2, -0.15) is 0 Å². The van der Waals surface area contributed by atoms with Crippen molar-refractivity contribution < 1.29 is 14.3 Å². The number of hydrogen-bond donors (Lipinski definition) is 0. The largest absolute Gasteiger partial charge is 0.454 e. The van der Waals surface area contributed by atoms with Gasteiger partial charge in [-0.25, -0.2) is 0 Å². The average molecular weight is 391 g/mol. The number of rotatable bonds is 7. The number of benzene rings is 3. The third-order valence-electron chi connectivity index (χ3n) is 4.48. The van der Waals surface area contributed by atoms with E-state index in [0.717, 1.165) is 27.5 Å². The van der Waals surface area contributed by atoms with E-state index in [0.29, 0.717) is 18.8 Å². The quantitative estimate of drug-likeness (QED) is 0.546. The van der Waals surface area contributed by atoms with E-state index < -0.39 is 0 Å². The summed E-state index contributed by atoms with van der Waals surface area (Å²) in [7, 11) is 0. The van der Waals surface area contributed by atoms with Crippen LogP contribution in [0.1, 0.15) is 11.1 Å². The molecule has 1 aliphatic rings. The number of thioether (sulfide) groups is 1. The van der Waals surface area contributed by atoms with Crippen molar-refractivity contribution in [3.63, 3.8) is 0 Å². The van der Waals surface area contributed by atoms with Crippen molar-refractivity contribution >= 4 is 17.7 Å². The number of hydrogen-bond acceptors (Lipinski definition) is 4. The Bertz CT molecular complexity index is 931. The van der Waals surface area contributed by atoms with Crippen molar-refractivity contribution in [2.24, 2.45) is 0 Å². The first kappa shape index (κ1) is 18.4. The van der Waals surface area contributed by atoms with Crippen molar-refractivity contribution in [3.8, 4) is 11.5 Å². The summed E-state index contributed by atoms with van der Waals surface area (Å²) in [5.74, 6) is 2.00. The van der Waals surface area contributed by atoms with E-state index in [1.807, 2.05) is 83.8 Å². The van der Waals surface area contributed by atoms with Crippen molar-refractivity contribution in [2.45, 2.75) is 18.0 Å². The highest BCUT2D eigenvalue weighted by Crippen LogP contribution is 2.33. The molecule has 0 fully saturated rings. The lowest BCUT2D eigenvalue weighted by Gasteiger charge is -2.23. The molecule has 0 N–H and O–H groups in total. The summed E-state index contributed by atoms with van der Waals surface area (Å²) in [5.41, 5.74) is 2.14. The highest BCUT2D eigenvalue weighted by Gasteiger charge is 2.18. The van der Waals surface area contributed by atoms with Gasteiger partial charge in [0.1, 0.15) is 0 Å². The van der Waals surface area contributed by atoms with Gasteiger partial charge in [0.15, 0.2) is 11.5 Å². The van der Waals surface area contributed by atoms with Crippen LogP contribution in [-0.2, 0) is 17.9 Å². The third-order valence-corrected chi connectivity index (χ3v) is 5.48.